The van der Waals surface area contributed by atoms with E-state index in [1.807, 2.05) is 25.1 Å². The number of carbonyl (C=O) groups excluding carboxylic acids is 1. The van der Waals surface area contributed by atoms with E-state index in [1.165, 1.54) is 6.08 Å². The Morgan fingerprint density at radius 1 is 1.08 bits per heavy atom. The zero-order chi connectivity index (χ0) is 19.0. The lowest BCUT2D eigenvalue weighted by atomic mass is 10.2. The molecular weight excluding hydrogens is 352 g/mol. The predicted octanol–water partition coefficient (Wildman–Crippen LogP) is 2.11. The number of ether oxygens (including phenoxy) is 1. The van der Waals surface area contributed by atoms with Crippen molar-refractivity contribution in [2.24, 2.45) is 0 Å². The van der Waals surface area contributed by atoms with Gasteiger partial charge in [0.05, 0.1) is 12.0 Å². The van der Waals surface area contributed by atoms with Crippen LogP contribution in [-0.4, -0.2) is 34.5 Å². The third kappa shape index (κ3) is 5.72. The van der Waals surface area contributed by atoms with Gasteiger partial charge in [-0.3, -0.25) is 4.79 Å². The second kappa shape index (κ2) is 9.17. The highest BCUT2D eigenvalue weighted by Crippen LogP contribution is 2.18. The maximum atomic E-state index is 12.1. The van der Waals surface area contributed by atoms with Crippen LogP contribution in [0.15, 0.2) is 59.5 Å². The van der Waals surface area contributed by atoms with E-state index in [4.69, 9.17) is 4.74 Å². The fourth-order valence-corrected chi connectivity index (χ4v) is 3.23. The molecule has 2 rings (SSSR count). The Bertz CT molecular complexity index is 875. The molecular formula is C19H22N2O4S. The van der Waals surface area contributed by atoms with Gasteiger partial charge in [-0.1, -0.05) is 35.9 Å². The number of para-hydroxylation sites is 1. The molecule has 1 amide bonds. The summed E-state index contributed by atoms with van der Waals surface area (Å²) >= 11 is 0. The summed E-state index contributed by atoms with van der Waals surface area (Å²) in [5.74, 6) is 0.354. The van der Waals surface area contributed by atoms with Crippen molar-refractivity contribution in [3.8, 4) is 5.75 Å². The van der Waals surface area contributed by atoms with Gasteiger partial charge in [-0.2, -0.15) is 0 Å². The van der Waals surface area contributed by atoms with Crippen LogP contribution in [0.4, 0.5) is 0 Å². The van der Waals surface area contributed by atoms with Crippen molar-refractivity contribution in [3.63, 3.8) is 0 Å². The molecule has 0 aliphatic rings. The lowest BCUT2D eigenvalue weighted by Crippen LogP contribution is -2.34. The number of aryl methyl sites for hydroxylation is 1. The molecule has 2 aromatic carbocycles. The van der Waals surface area contributed by atoms with Gasteiger partial charge in [0.25, 0.3) is 0 Å². The molecule has 0 aliphatic heterocycles. The van der Waals surface area contributed by atoms with Gasteiger partial charge >= 0.3 is 0 Å². The van der Waals surface area contributed by atoms with E-state index in [2.05, 4.69) is 10.0 Å². The zero-order valence-electron chi connectivity index (χ0n) is 14.7. The summed E-state index contributed by atoms with van der Waals surface area (Å²) < 4.78 is 31.9. The molecule has 0 unspecified atom stereocenters. The Labute approximate surface area is 153 Å². The molecule has 0 radical (unpaired) electrons. The average molecular weight is 374 g/mol. The van der Waals surface area contributed by atoms with Crippen LogP contribution in [0.3, 0.4) is 0 Å². The third-order valence-corrected chi connectivity index (χ3v) is 5.08. The van der Waals surface area contributed by atoms with E-state index in [0.717, 1.165) is 11.1 Å². The molecule has 0 atom stereocenters. The van der Waals surface area contributed by atoms with Crippen LogP contribution < -0.4 is 14.8 Å². The molecule has 0 heterocycles. The summed E-state index contributed by atoms with van der Waals surface area (Å²) in [5, 5.41) is 2.63. The van der Waals surface area contributed by atoms with Crippen LogP contribution in [0.1, 0.15) is 11.1 Å². The monoisotopic (exact) mass is 374 g/mol. The van der Waals surface area contributed by atoms with Crippen molar-refractivity contribution in [2.45, 2.75) is 11.8 Å². The number of carbonyl (C=O) groups is 1. The van der Waals surface area contributed by atoms with Crippen LogP contribution in [-0.2, 0) is 14.8 Å². The van der Waals surface area contributed by atoms with Crippen LogP contribution >= 0.6 is 0 Å². The molecule has 138 valence electrons. The standard InChI is InChI=1S/C19H22N2O4S/c1-15-7-10-17(11-8-15)26(23,24)21-14-13-20-19(22)12-9-16-5-3-4-6-18(16)25-2/h3-12,21H,13-14H2,1-2H3,(H,20,22)/b12-9+. The summed E-state index contributed by atoms with van der Waals surface area (Å²) in [5.41, 5.74) is 1.77. The Morgan fingerprint density at radius 2 is 1.77 bits per heavy atom. The molecule has 7 heteroatoms. The quantitative estimate of drug-likeness (QED) is 0.547. The van der Waals surface area contributed by atoms with Crippen molar-refractivity contribution >= 4 is 22.0 Å². The van der Waals surface area contributed by atoms with Crippen LogP contribution in [0, 0.1) is 6.92 Å². The fourth-order valence-electron chi connectivity index (χ4n) is 2.20. The minimum Gasteiger partial charge on any atom is -0.496 e. The highest BCUT2D eigenvalue weighted by Gasteiger charge is 2.12. The molecule has 0 fully saturated rings. The first-order chi connectivity index (χ1) is 12.4. The number of rotatable bonds is 8. The minimum atomic E-state index is -3.58. The first-order valence-corrected chi connectivity index (χ1v) is 9.56. The van der Waals surface area contributed by atoms with Crippen LogP contribution in [0.25, 0.3) is 6.08 Å². The number of benzene rings is 2. The third-order valence-electron chi connectivity index (χ3n) is 3.60. The summed E-state index contributed by atoms with van der Waals surface area (Å²) in [6.07, 6.45) is 3.02. The summed E-state index contributed by atoms with van der Waals surface area (Å²) in [7, 11) is -2.01. The van der Waals surface area contributed by atoms with E-state index < -0.39 is 10.0 Å². The normalized spacial score (nSPS) is 11.5. The number of nitrogens with one attached hydrogen (secondary N) is 2. The Morgan fingerprint density at radius 3 is 2.46 bits per heavy atom. The van der Waals surface area contributed by atoms with Gasteiger partial charge < -0.3 is 10.1 Å². The van der Waals surface area contributed by atoms with Crippen molar-refractivity contribution < 1.29 is 17.9 Å². The van der Waals surface area contributed by atoms with Gasteiger partial charge in [-0.25, -0.2) is 13.1 Å². The van der Waals surface area contributed by atoms with E-state index in [9.17, 15) is 13.2 Å². The Kier molecular flexibility index (Phi) is 6.94. The lowest BCUT2D eigenvalue weighted by molar-refractivity contribution is -0.116. The highest BCUT2D eigenvalue weighted by atomic mass is 32.2. The van der Waals surface area contributed by atoms with E-state index in [-0.39, 0.29) is 23.9 Å². The van der Waals surface area contributed by atoms with Gasteiger partial charge in [0.15, 0.2) is 0 Å². The lowest BCUT2D eigenvalue weighted by Gasteiger charge is -2.07. The minimum absolute atomic E-state index is 0.102. The summed E-state index contributed by atoms with van der Waals surface area (Å²) in [4.78, 5) is 12.0. The molecule has 0 aromatic heterocycles. The van der Waals surface area contributed by atoms with Crippen molar-refractivity contribution in [3.05, 3.63) is 65.7 Å². The number of methoxy groups -OCH3 is 1. The zero-order valence-corrected chi connectivity index (χ0v) is 15.5. The van der Waals surface area contributed by atoms with Crippen molar-refractivity contribution in [2.75, 3.05) is 20.2 Å². The highest BCUT2D eigenvalue weighted by molar-refractivity contribution is 7.89. The molecule has 26 heavy (non-hydrogen) atoms. The van der Waals surface area contributed by atoms with E-state index in [1.54, 1.807) is 43.5 Å². The molecule has 0 bridgehead atoms. The first kappa shape index (κ1) is 19.7. The van der Waals surface area contributed by atoms with Gasteiger partial charge in [0, 0.05) is 24.7 Å². The second-order valence-electron chi connectivity index (χ2n) is 5.58. The van der Waals surface area contributed by atoms with Gasteiger partial charge in [-0.05, 0) is 31.2 Å². The first-order valence-electron chi connectivity index (χ1n) is 8.07. The van der Waals surface area contributed by atoms with E-state index in [0.29, 0.717) is 5.75 Å². The number of sulfonamides is 1. The molecule has 0 saturated heterocycles. The fraction of sp³-hybridized carbons (Fsp3) is 0.211. The maximum absolute atomic E-state index is 12.1. The van der Waals surface area contributed by atoms with Crippen LogP contribution in [0.5, 0.6) is 5.75 Å². The number of hydrogen-bond donors (Lipinski definition) is 2. The summed E-state index contributed by atoms with van der Waals surface area (Å²) in [6, 6.07) is 13.9. The number of hydrogen-bond acceptors (Lipinski definition) is 4. The Hall–Kier alpha value is -2.64. The molecule has 6 nitrogen and oxygen atoms in total. The number of amides is 1. The SMILES string of the molecule is COc1ccccc1/C=C/C(=O)NCCNS(=O)(=O)c1ccc(C)cc1. The van der Waals surface area contributed by atoms with Gasteiger partial charge in [0.2, 0.25) is 15.9 Å². The maximum Gasteiger partial charge on any atom is 0.244 e. The molecule has 0 saturated carbocycles. The van der Waals surface area contributed by atoms with Crippen molar-refractivity contribution in [1.29, 1.82) is 0 Å². The smallest absolute Gasteiger partial charge is 0.244 e. The van der Waals surface area contributed by atoms with Crippen LogP contribution in [0.2, 0.25) is 0 Å². The topological polar surface area (TPSA) is 84.5 Å². The van der Waals surface area contributed by atoms with Crippen molar-refractivity contribution in [1.82, 2.24) is 10.0 Å². The van der Waals surface area contributed by atoms with Gasteiger partial charge in [0.1, 0.15) is 5.75 Å². The Balaban J connectivity index is 1.81. The molecule has 2 aromatic rings. The second-order valence-corrected chi connectivity index (χ2v) is 7.34. The average Bonchev–Trinajstić information content (AvgIpc) is 2.64. The molecule has 2 N–H and O–H groups in total. The summed E-state index contributed by atoms with van der Waals surface area (Å²) in [6.45, 7) is 2.17. The van der Waals surface area contributed by atoms with Gasteiger partial charge in [-0.15, -0.1) is 0 Å². The predicted molar refractivity (Wildman–Crippen MR) is 101 cm³/mol. The molecule has 0 aliphatic carbocycles. The largest absolute Gasteiger partial charge is 0.496 e. The van der Waals surface area contributed by atoms with E-state index >= 15 is 0 Å². The molecule has 0 spiro atoms.